The lowest BCUT2D eigenvalue weighted by Gasteiger charge is -2.36. The minimum absolute atomic E-state index is 0.119. The van der Waals surface area contributed by atoms with Gasteiger partial charge >= 0.3 is 6.03 Å². The molecule has 0 unspecified atom stereocenters. The molecule has 2 aromatic carbocycles. The van der Waals surface area contributed by atoms with Gasteiger partial charge in [0.15, 0.2) is 0 Å². The number of piperazine rings is 2. The first kappa shape index (κ1) is 24.9. The second-order valence-electron chi connectivity index (χ2n) is 9.00. The molecule has 4 rings (SSSR count). The van der Waals surface area contributed by atoms with Crippen molar-refractivity contribution in [2.75, 3.05) is 92.6 Å². The SMILES string of the molecule is COc1ccc(NC(=O)N2CCN(c3ccc(NS(C)(=O)=O)cc3)CC2)cc1N1CCN(C)CC1. The number of hydrogen-bond acceptors (Lipinski definition) is 7. The molecule has 35 heavy (non-hydrogen) atoms. The maximum Gasteiger partial charge on any atom is 0.321 e. The first-order valence-corrected chi connectivity index (χ1v) is 13.6. The molecule has 0 radical (unpaired) electrons. The first-order chi connectivity index (χ1) is 16.7. The van der Waals surface area contributed by atoms with Gasteiger partial charge in [0, 0.05) is 69.4 Å². The Labute approximate surface area is 207 Å². The van der Waals surface area contributed by atoms with Gasteiger partial charge in [0.2, 0.25) is 10.0 Å². The highest BCUT2D eigenvalue weighted by Crippen LogP contribution is 2.32. The van der Waals surface area contributed by atoms with Crippen molar-refractivity contribution in [1.82, 2.24) is 9.80 Å². The zero-order chi connectivity index (χ0) is 25.0. The van der Waals surface area contributed by atoms with Gasteiger partial charge in [-0.3, -0.25) is 4.72 Å². The Balaban J connectivity index is 1.34. The topological polar surface area (TPSA) is 97.5 Å². The molecule has 10 nitrogen and oxygen atoms in total. The van der Waals surface area contributed by atoms with Crippen LogP contribution < -0.4 is 24.6 Å². The van der Waals surface area contributed by atoms with E-state index in [-0.39, 0.29) is 6.03 Å². The van der Waals surface area contributed by atoms with E-state index in [1.54, 1.807) is 19.2 Å². The van der Waals surface area contributed by atoms with Crippen LogP contribution in [0.2, 0.25) is 0 Å². The Kier molecular flexibility index (Phi) is 7.56. The van der Waals surface area contributed by atoms with E-state index in [4.69, 9.17) is 4.74 Å². The van der Waals surface area contributed by atoms with E-state index in [0.717, 1.165) is 55.2 Å². The molecular formula is C24H34N6O4S. The molecule has 0 aliphatic carbocycles. The number of hydrogen-bond donors (Lipinski definition) is 2. The van der Waals surface area contributed by atoms with Gasteiger partial charge in [0.05, 0.1) is 19.1 Å². The first-order valence-electron chi connectivity index (χ1n) is 11.7. The number of ether oxygens (including phenoxy) is 1. The highest BCUT2D eigenvalue weighted by molar-refractivity contribution is 7.92. The molecule has 11 heteroatoms. The predicted octanol–water partition coefficient (Wildman–Crippen LogP) is 2.17. The van der Waals surface area contributed by atoms with Crippen LogP contribution in [0.25, 0.3) is 0 Å². The van der Waals surface area contributed by atoms with Crippen LogP contribution in [0, 0.1) is 0 Å². The van der Waals surface area contributed by atoms with Crippen LogP contribution in [0.3, 0.4) is 0 Å². The smallest absolute Gasteiger partial charge is 0.321 e. The number of benzene rings is 2. The lowest BCUT2D eigenvalue weighted by atomic mass is 10.2. The van der Waals surface area contributed by atoms with Gasteiger partial charge in [-0.15, -0.1) is 0 Å². The number of anilines is 4. The average molecular weight is 503 g/mol. The number of urea groups is 1. The lowest BCUT2D eigenvalue weighted by molar-refractivity contribution is 0.208. The summed E-state index contributed by atoms with van der Waals surface area (Å²) in [5.74, 6) is 0.805. The largest absolute Gasteiger partial charge is 0.495 e. The van der Waals surface area contributed by atoms with Crippen molar-refractivity contribution in [2.45, 2.75) is 0 Å². The fourth-order valence-corrected chi connectivity index (χ4v) is 4.95. The molecule has 190 valence electrons. The third-order valence-electron chi connectivity index (χ3n) is 6.38. The summed E-state index contributed by atoms with van der Waals surface area (Å²) in [6.45, 7) is 6.38. The lowest BCUT2D eigenvalue weighted by Crippen LogP contribution is -2.50. The molecule has 2 fully saturated rings. The van der Waals surface area contributed by atoms with Gasteiger partial charge in [-0.05, 0) is 49.5 Å². The monoisotopic (exact) mass is 502 g/mol. The van der Waals surface area contributed by atoms with Crippen molar-refractivity contribution in [1.29, 1.82) is 0 Å². The van der Waals surface area contributed by atoms with E-state index < -0.39 is 10.0 Å². The molecule has 2 saturated heterocycles. The normalized spacial score (nSPS) is 17.3. The summed E-state index contributed by atoms with van der Waals surface area (Å²) in [7, 11) is 0.491. The third kappa shape index (κ3) is 6.49. The number of nitrogens with zero attached hydrogens (tertiary/aromatic N) is 4. The van der Waals surface area contributed by atoms with Crippen molar-refractivity contribution in [3.8, 4) is 5.75 Å². The molecule has 2 aliphatic heterocycles. The number of likely N-dealkylation sites (N-methyl/N-ethyl adjacent to an activating group) is 1. The molecule has 0 aromatic heterocycles. The quantitative estimate of drug-likeness (QED) is 0.625. The second kappa shape index (κ2) is 10.6. The Morgan fingerprint density at radius 1 is 0.857 bits per heavy atom. The van der Waals surface area contributed by atoms with Gasteiger partial charge in [-0.25, -0.2) is 13.2 Å². The van der Waals surface area contributed by atoms with E-state index in [9.17, 15) is 13.2 Å². The molecule has 0 bridgehead atoms. The molecule has 0 atom stereocenters. The summed E-state index contributed by atoms with van der Waals surface area (Å²) in [6.07, 6.45) is 1.13. The molecule has 2 aliphatic rings. The minimum Gasteiger partial charge on any atom is -0.495 e. The van der Waals surface area contributed by atoms with Crippen LogP contribution in [0.4, 0.5) is 27.5 Å². The third-order valence-corrected chi connectivity index (χ3v) is 6.98. The standard InChI is InChI=1S/C24H34N6O4S/c1-27-10-12-29(13-11-27)22-18-20(6-9-23(22)34-2)25-24(31)30-16-14-28(15-17-30)21-7-4-19(5-8-21)26-35(3,32)33/h4-9,18,26H,10-17H2,1-3H3,(H,25,31). The Bertz CT molecular complexity index is 1130. The molecule has 0 spiro atoms. The van der Waals surface area contributed by atoms with Gasteiger partial charge in [0.1, 0.15) is 5.75 Å². The van der Waals surface area contributed by atoms with E-state index in [0.29, 0.717) is 31.9 Å². The van der Waals surface area contributed by atoms with Crippen LogP contribution in [-0.4, -0.2) is 97.0 Å². The predicted molar refractivity (Wildman–Crippen MR) is 140 cm³/mol. The number of carbonyl (C=O) groups excluding carboxylic acids is 1. The van der Waals surface area contributed by atoms with Crippen molar-refractivity contribution in [3.63, 3.8) is 0 Å². The summed E-state index contributed by atoms with van der Waals surface area (Å²) in [4.78, 5) is 21.6. The Morgan fingerprint density at radius 3 is 2.06 bits per heavy atom. The van der Waals surface area contributed by atoms with Gasteiger partial charge < -0.3 is 29.7 Å². The van der Waals surface area contributed by atoms with Crippen molar-refractivity contribution in [2.24, 2.45) is 0 Å². The van der Waals surface area contributed by atoms with Crippen LogP contribution in [0.15, 0.2) is 42.5 Å². The van der Waals surface area contributed by atoms with Gasteiger partial charge in [-0.2, -0.15) is 0 Å². The summed E-state index contributed by atoms with van der Waals surface area (Å²) in [5, 5.41) is 3.05. The number of carbonyl (C=O) groups is 1. The van der Waals surface area contributed by atoms with Crippen molar-refractivity contribution < 1.29 is 17.9 Å². The van der Waals surface area contributed by atoms with Crippen LogP contribution in [0.1, 0.15) is 0 Å². The van der Waals surface area contributed by atoms with Gasteiger partial charge in [-0.1, -0.05) is 0 Å². The van der Waals surface area contributed by atoms with Crippen molar-refractivity contribution >= 4 is 38.8 Å². The summed E-state index contributed by atoms with van der Waals surface area (Å²) >= 11 is 0. The molecule has 2 heterocycles. The zero-order valence-corrected chi connectivity index (χ0v) is 21.3. The maximum absolute atomic E-state index is 13.0. The van der Waals surface area contributed by atoms with Gasteiger partial charge in [0.25, 0.3) is 0 Å². The number of amides is 2. The van der Waals surface area contributed by atoms with E-state index >= 15 is 0 Å². The molecule has 0 saturated carbocycles. The summed E-state index contributed by atoms with van der Waals surface area (Å²) in [5.41, 5.74) is 3.28. The highest BCUT2D eigenvalue weighted by Gasteiger charge is 2.23. The van der Waals surface area contributed by atoms with Crippen molar-refractivity contribution in [3.05, 3.63) is 42.5 Å². The second-order valence-corrected chi connectivity index (χ2v) is 10.8. The van der Waals surface area contributed by atoms with Crippen LogP contribution in [0.5, 0.6) is 5.75 Å². The molecule has 2 aromatic rings. The zero-order valence-electron chi connectivity index (χ0n) is 20.5. The number of rotatable bonds is 6. The van der Waals surface area contributed by atoms with Crippen LogP contribution in [-0.2, 0) is 10.0 Å². The highest BCUT2D eigenvalue weighted by atomic mass is 32.2. The maximum atomic E-state index is 13.0. The number of nitrogens with one attached hydrogen (secondary N) is 2. The molecule has 2 N–H and O–H groups in total. The average Bonchev–Trinajstić information content (AvgIpc) is 2.84. The van der Waals surface area contributed by atoms with E-state index in [2.05, 4.69) is 31.8 Å². The number of methoxy groups -OCH3 is 1. The fourth-order valence-electron chi connectivity index (χ4n) is 4.39. The summed E-state index contributed by atoms with van der Waals surface area (Å²) < 4.78 is 30.8. The Hall–Kier alpha value is -3.18. The number of sulfonamides is 1. The fraction of sp³-hybridized carbons (Fsp3) is 0.458. The van der Waals surface area contributed by atoms with E-state index in [1.807, 2.05) is 35.2 Å². The summed E-state index contributed by atoms with van der Waals surface area (Å²) in [6, 6.07) is 12.9. The van der Waals surface area contributed by atoms with E-state index in [1.165, 1.54) is 0 Å². The minimum atomic E-state index is -3.30. The molecule has 2 amide bonds. The van der Waals surface area contributed by atoms with Crippen LogP contribution >= 0.6 is 0 Å². The Morgan fingerprint density at radius 2 is 1.46 bits per heavy atom. The molecular weight excluding hydrogens is 468 g/mol.